The number of nitriles is 1. The van der Waals surface area contributed by atoms with Gasteiger partial charge in [0.15, 0.2) is 0 Å². The van der Waals surface area contributed by atoms with Gasteiger partial charge < -0.3 is 14.5 Å². The standard InChI is InChI=1S/C18H21N3O3/c1-24-16-6-3-2-5-15(16)7-8-17(22)20-11-4-12-21(14-13-20)18(23)9-10-19/h2-3,5-8H,4,9,11-14H2,1H3/b8-7+. The maximum absolute atomic E-state index is 12.4. The summed E-state index contributed by atoms with van der Waals surface area (Å²) in [5.74, 6) is 0.456. The SMILES string of the molecule is COc1ccccc1/C=C/C(=O)N1CCCN(C(=O)CC#N)CC1. The molecule has 0 N–H and O–H groups in total. The first-order valence-corrected chi connectivity index (χ1v) is 7.90. The van der Waals surface area contributed by atoms with E-state index in [2.05, 4.69) is 0 Å². The molecule has 0 saturated carbocycles. The number of carbonyl (C=O) groups is 2. The Bertz CT molecular complexity index is 664. The van der Waals surface area contributed by atoms with E-state index in [0.29, 0.717) is 38.3 Å². The molecule has 2 rings (SSSR count). The maximum Gasteiger partial charge on any atom is 0.246 e. The van der Waals surface area contributed by atoms with Gasteiger partial charge in [0.1, 0.15) is 12.2 Å². The summed E-state index contributed by atoms with van der Waals surface area (Å²) >= 11 is 0. The first kappa shape index (κ1) is 17.5. The molecule has 0 atom stereocenters. The van der Waals surface area contributed by atoms with Crippen molar-refractivity contribution in [3.05, 3.63) is 35.9 Å². The van der Waals surface area contributed by atoms with Crippen molar-refractivity contribution in [3.8, 4) is 11.8 Å². The average molecular weight is 327 g/mol. The number of ether oxygens (including phenoxy) is 1. The van der Waals surface area contributed by atoms with E-state index in [4.69, 9.17) is 10.00 Å². The van der Waals surface area contributed by atoms with E-state index in [1.54, 1.807) is 23.0 Å². The second kappa shape index (κ2) is 8.73. The van der Waals surface area contributed by atoms with Gasteiger partial charge in [0.05, 0.1) is 13.2 Å². The minimum absolute atomic E-state index is 0.0875. The third-order valence-electron chi connectivity index (χ3n) is 3.93. The van der Waals surface area contributed by atoms with Gasteiger partial charge in [0.25, 0.3) is 0 Å². The summed E-state index contributed by atoms with van der Waals surface area (Å²) in [5, 5.41) is 8.62. The average Bonchev–Trinajstić information content (AvgIpc) is 2.86. The fourth-order valence-electron chi connectivity index (χ4n) is 2.64. The molecule has 1 aromatic carbocycles. The number of rotatable bonds is 4. The number of benzene rings is 1. The van der Waals surface area contributed by atoms with E-state index in [-0.39, 0.29) is 18.2 Å². The van der Waals surface area contributed by atoms with Crippen LogP contribution in [-0.4, -0.2) is 54.9 Å². The van der Waals surface area contributed by atoms with E-state index >= 15 is 0 Å². The molecule has 0 aliphatic carbocycles. The molecule has 1 aliphatic heterocycles. The summed E-state index contributed by atoms with van der Waals surface area (Å²) < 4.78 is 5.26. The van der Waals surface area contributed by atoms with E-state index in [1.165, 1.54) is 6.08 Å². The predicted octanol–water partition coefficient (Wildman–Crippen LogP) is 1.68. The van der Waals surface area contributed by atoms with Crippen LogP contribution < -0.4 is 4.74 Å². The highest BCUT2D eigenvalue weighted by Gasteiger charge is 2.20. The van der Waals surface area contributed by atoms with E-state index in [1.807, 2.05) is 30.3 Å². The van der Waals surface area contributed by atoms with Gasteiger partial charge in [0, 0.05) is 37.8 Å². The van der Waals surface area contributed by atoms with E-state index in [0.717, 1.165) is 5.56 Å². The van der Waals surface area contributed by atoms with Gasteiger partial charge in [-0.2, -0.15) is 5.26 Å². The quantitative estimate of drug-likeness (QED) is 0.789. The van der Waals surface area contributed by atoms with Gasteiger partial charge in [0.2, 0.25) is 11.8 Å². The summed E-state index contributed by atoms with van der Waals surface area (Å²) in [6.07, 6.45) is 3.88. The van der Waals surface area contributed by atoms with Crippen molar-refractivity contribution in [1.29, 1.82) is 5.26 Å². The Labute approximate surface area is 141 Å². The highest BCUT2D eigenvalue weighted by Crippen LogP contribution is 2.18. The molecule has 1 heterocycles. The molecule has 2 amide bonds. The van der Waals surface area contributed by atoms with Gasteiger partial charge in [-0.15, -0.1) is 0 Å². The highest BCUT2D eigenvalue weighted by molar-refractivity contribution is 5.92. The van der Waals surface area contributed by atoms with Crippen LogP contribution in [0.3, 0.4) is 0 Å². The van der Waals surface area contributed by atoms with Crippen LogP contribution in [0.25, 0.3) is 6.08 Å². The molecule has 0 unspecified atom stereocenters. The summed E-state index contributed by atoms with van der Waals surface area (Å²) in [6, 6.07) is 9.36. The third-order valence-corrected chi connectivity index (χ3v) is 3.93. The number of nitrogens with zero attached hydrogens (tertiary/aromatic N) is 3. The maximum atomic E-state index is 12.4. The summed E-state index contributed by atoms with van der Waals surface area (Å²) in [4.78, 5) is 27.5. The van der Waals surface area contributed by atoms with Crippen molar-refractivity contribution < 1.29 is 14.3 Å². The van der Waals surface area contributed by atoms with Crippen LogP contribution in [0, 0.1) is 11.3 Å². The van der Waals surface area contributed by atoms with Crippen LogP contribution in [0.2, 0.25) is 0 Å². The van der Waals surface area contributed by atoms with Crippen molar-refractivity contribution in [1.82, 2.24) is 9.80 Å². The monoisotopic (exact) mass is 327 g/mol. The van der Waals surface area contributed by atoms with Crippen LogP contribution in [0.15, 0.2) is 30.3 Å². The molecule has 1 aliphatic rings. The summed E-state index contributed by atoms with van der Waals surface area (Å²) in [6.45, 7) is 2.13. The zero-order valence-corrected chi connectivity index (χ0v) is 13.8. The smallest absolute Gasteiger partial charge is 0.246 e. The van der Waals surface area contributed by atoms with Crippen LogP contribution in [0.1, 0.15) is 18.4 Å². The number of para-hydroxylation sites is 1. The van der Waals surface area contributed by atoms with Gasteiger partial charge >= 0.3 is 0 Å². The Morgan fingerprint density at radius 3 is 2.67 bits per heavy atom. The van der Waals surface area contributed by atoms with Crippen molar-refractivity contribution in [2.24, 2.45) is 0 Å². The Balaban J connectivity index is 1.97. The van der Waals surface area contributed by atoms with Crippen LogP contribution in [-0.2, 0) is 9.59 Å². The van der Waals surface area contributed by atoms with E-state index in [9.17, 15) is 9.59 Å². The first-order chi connectivity index (χ1) is 11.7. The fraction of sp³-hybridized carbons (Fsp3) is 0.389. The highest BCUT2D eigenvalue weighted by atomic mass is 16.5. The topological polar surface area (TPSA) is 73.6 Å². The predicted molar refractivity (Wildman–Crippen MR) is 90.0 cm³/mol. The lowest BCUT2D eigenvalue weighted by Gasteiger charge is -2.20. The van der Waals surface area contributed by atoms with E-state index < -0.39 is 0 Å². The van der Waals surface area contributed by atoms with Crippen molar-refractivity contribution in [2.75, 3.05) is 33.3 Å². The van der Waals surface area contributed by atoms with Gasteiger partial charge in [-0.05, 0) is 18.6 Å². The molecule has 6 nitrogen and oxygen atoms in total. The summed E-state index contributed by atoms with van der Waals surface area (Å²) in [5.41, 5.74) is 0.842. The summed E-state index contributed by atoms with van der Waals surface area (Å²) in [7, 11) is 1.59. The molecule has 0 radical (unpaired) electrons. The van der Waals surface area contributed by atoms with Crippen molar-refractivity contribution in [2.45, 2.75) is 12.8 Å². The lowest BCUT2D eigenvalue weighted by molar-refractivity contribution is -0.131. The largest absolute Gasteiger partial charge is 0.496 e. The van der Waals surface area contributed by atoms with Gasteiger partial charge in [-0.1, -0.05) is 18.2 Å². The number of methoxy groups -OCH3 is 1. The number of amides is 2. The Hall–Kier alpha value is -2.81. The fourth-order valence-corrected chi connectivity index (χ4v) is 2.64. The van der Waals surface area contributed by atoms with Crippen LogP contribution >= 0.6 is 0 Å². The lowest BCUT2D eigenvalue weighted by atomic mass is 10.2. The Kier molecular flexibility index (Phi) is 6.38. The van der Waals surface area contributed by atoms with Crippen LogP contribution in [0.5, 0.6) is 5.75 Å². The normalized spacial score (nSPS) is 15.0. The molecule has 1 saturated heterocycles. The molecule has 126 valence electrons. The third kappa shape index (κ3) is 4.59. The molecular formula is C18H21N3O3. The minimum atomic E-state index is -0.170. The van der Waals surface area contributed by atoms with Crippen molar-refractivity contribution >= 4 is 17.9 Å². The zero-order chi connectivity index (χ0) is 17.4. The zero-order valence-electron chi connectivity index (χ0n) is 13.8. The molecule has 0 spiro atoms. The second-order valence-corrected chi connectivity index (χ2v) is 5.47. The van der Waals surface area contributed by atoms with Gasteiger partial charge in [-0.3, -0.25) is 9.59 Å². The molecule has 24 heavy (non-hydrogen) atoms. The molecule has 6 heteroatoms. The Morgan fingerprint density at radius 1 is 1.21 bits per heavy atom. The molecule has 1 aromatic rings. The Morgan fingerprint density at radius 2 is 1.92 bits per heavy atom. The lowest BCUT2D eigenvalue weighted by Crippen LogP contribution is -2.36. The number of hydrogen-bond donors (Lipinski definition) is 0. The first-order valence-electron chi connectivity index (χ1n) is 7.90. The van der Waals surface area contributed by atoms with Crippen molar-refractivity contribution in [3.63, 3.8) is 0 Å². The number of carbonyl (C=O) groups excluding carboxylic acids is 2. The molecular weight excluding hydrogens is 306 g/mol. The minimum Gasteiger partial charge on any atom is -0.496 e. The molecule has 0 aromatic heterocycles. The van der Waals surface area contributed by atoms with Gasteiger partial charge in [-0.25, -0.2) is 0 Å². The molecule has 1 fully saturated rings. The van der Waals surface area contributed by atoms with Crippen LogP contribution in [0.4, 0.5) is 0 Å². The number of hydrogen-bond acceptors (Lipinski definition) is 4. The second-order valence-electron chi connectivity index (χ2n) is 5.47. The molecule has 0 bridgehead atoms.